The minimum Gasteiger partial charge on any atom is -0.399 e. The zero-order valence-corrected chi connectivity index (χ0v) is 11.8. The Hall–Kier alpha value is -1.16. The molecule has 0 aliphatic rings. The molecule has 4 nitrogen and oxygen atoms in total. The lowest BCUT2D eigenvalue weighted by Crippen LogP contribution is -2.26. The Morgan fingerprint density at radius 3 is 2.78 bits per heavy atom. The molecule has 1 aromatic rings. The van der Waals surface area contributed by atoms with Crippen LogP contribution in [0.5, 0.6) is 0 Å². The van der Waals surface area contributed by atoms with Crippen LogP contribution in [0.15, 0.2) is 23.1 Å². The Bertz CT molecular complexity index is 527. The summed E-state index contributed by atoms with van der Waals surface area (Å²) in [7, 11) is -3.49. The highest BCUT2D eigenvalue weighted by Gasteiger charge is 2.13. The maximum Gasteiger partial charge on any atom is 0.240 e. The third kappa shape index (κ3) is 4.61. The molecule has 0 unspecified atom stereocenters. The first-order valence-corrected chi connectivity index (χ1v) is 7.97. The largest absolute Gasteiger partial charge is 0.399 e. The van der Waals surface area contributed by atoms with Crippen LogP contribution in [0.1, 0.15) is 5.56 Å². The van der Waals surface area contributed by atoms with Crippen molar-refractivity contribution < 1.29 is 8.42 Å². The number of benzene rings is 1. The fraction of sp³-hybridized carbons (Fsp3) is 0.333. The smallest absolute Gasteiger partial charge is 0.240 e. The predicted octanol–water partition coefficient (Wildman–Crippen LogP) is 1.22. The van der Waals surface area contributed by atoms with Crippen LogP contribution in [0.25, 0.3) is 0 Å². The molecular formula is C12H16N2O2S2. The fourth-order valence-electron chi connectivity index (χ4n) is 1.39. The second kappa shape index (κ2) is 6.69. The first-order chi connectivity index (χ1) is 8.45. The van der Waals surface area contributed by atoms with Gasteiger partial charge in [-0.05, 0) is 30.7 Å². The van der Waals surface area contributed by atoms with Gasteiger partial charge in [-0.1, -0.05) is 5.92 Å². The summed E-state index contributed by atoms with van der Waals surface area (Å²) in [6.07, 6.45) is 5.10. The topological polar surface area (TPSA) is 72.2 Å². The van der Waals surface area contributed by atoms with Gasteiger partial charge in [0.15, 0.2) is 0 Å². The second-order valence-corrected chi connectivity index (χ2v) is 6.61. The Balaban J connectivity index is 2.66. The van der Waals surface area contributed by atoms with E-state index in [9.17, 15) is 8.42 Å². The lowest BCUT2D eigenvalue weighted by Gasteiger charge is -2.08. The van der Waals surface area contributed by atoms with Crippen molar-refractivity contribution in [1.82, 2.24) is 4.72 Å². The zero-order chi connectivity index (χ0) is 13.6. The minimum atomic E-state index is -3.49. The van der Waals surface area contributed by atoms with Gasteiger partial charge in [0.2, 0.25) is 10.0 Å². The van der Waals surface area contributed by atoms with Crippen LogP contribution >= 0.6 is 11.8 Å². The van der Waals surface area contributed by atoms with Crippen LogP contribution in [-0.4, -0.2) is 26.5 Å². The van der Waals surface area contributed by atoms with Crippen molar-refractivity contribution in [3.05, 3.63) is 23.8 Å². The molecule has 6 heteroatoms. The summed E-state index contributed by atoms with van der Waals surface area (Å²) in [6, 6.07) is 4.76. The third-order valence-corrected chi connectivity index (χ3v) is 4.41. The van der Waals surface area contributed by atoms with Gasteiger partial charge in [-0.3, -0.25) is 0 Å². The molecule has 1 rings (SSSR count). The Morgan fingerprint density at radius 1 is 1.44 bits per heavy atom. The molecule has 0 heterocycles. The molecule has 3 N–H and O–H groups in total. The van der Waals surface area contributed by atoms with Gasteiger partial charge in [-0.15, -0.1) is 18.2 Å². The first kappa shape index (κ1) is 14.9. The highest BCUT2D eigenvalue weighted by molar-refractivity contribution is 7.99. The van der Waals surface area contributed by atoms with E-state index in [-0.39, 0.29) is 4.90 Å². The molecule has 0 bridgehead atoms. The highest BCUT2D eigenvalue weighted by atomic mass is 32.2. The van der Waals surface area contributed by atoms with Gasteiger partial charge >= 0.3 is 0 Å². The molecule has 0 atom stereocenters. The van der Waals surface area contributed by atoms with Crippen molar-refractivity contribution >= 4 is 27.5 Å². The molecule has 0 aliphatic heterocycles. The molecular weight excluding hydrogens is 268 g/mol. The number of hydrogen-bond donors (Lipinski definition) is 2. The van der Waals surface area contributed by atoms with E-state index >= 15 is 0 Å². The van der Waals surface area contributed by atoms with E-state index in [1.54, 1.807) is 19.1 Å². The Kier molecular flexibility index (Phi) is 5.54. The fourth-order valence-corrected chi connectivity index (χ4v) is 3.20. The molecule has 0 saturated heterocycles. The maximum absolute atomic E-state index is 12.0. The monoisotopic (exact) mass is 284 g/mol. The van der Waals surface area contributed by atoms with Crippen molar-refractivity contribution in [2.75, 3.05) is 23.8 Å². The molecule has 0 saturated carbocycles. The van der Waals surface area contributed by atoms with Crippen molar-refractivity contribution in [1.29, 1.82) is 0 Å². The minimum absolute atomic E-state index is 0.196. The van der Waals surface area contributed by atoms with Crippen molar-refractivity contribution in [2.45, 2.75) is 11.8 Å². The summed E-state index contributed by atoms with van der Waals surface area (Å²) in [5.74, 6) is 3.71. The standard InChI is InChI=1S/C12H16N2O2S2/c1-3-5-17-6-4-14-18(15,16)12-8-10(2)7-11(13)9-12/h1,7-9,14H,4-6,13H2,2H3. The number of nitrogen functional groups attached to an aromatic ring is 1. The lowest BCUT2D eigenvalue weighted by atomic mass is 10.2. The summed E-state index contributed by atoms with van der Waals surface area (Å²) in [6.45, 7) is 2.15. The van der Waals surface area contributed by atoms with E-state index in [1.165, 1.54) is 17.8 Å². The average Bonchev–Trinajstić information content (AvgIpc) is 2.27. The van der Waals surface area contributed by atoms with Crippen molar-refractivity contribution in [3.8, 4) is 12.3 Å². The van der Waals surface area contributed by atoms with Gasteiger partial charge in [0.1, 0.15) is 0 Å². The van der Waals surface area contributed by atoms with Crippen molar-refractivity contribution in [3.63, 3.8) is 0 Å². The van der Waals surface area contributed by atoms with Gasteiger partial charge in [0.05, 0.1) is 10.6 Å². The number of rotatable bonds is 6. The molecule has 0 spiro atoms. The molecule has 18 heavy (non-hydrogen) atoms. The van der Waals surface area contributed by atoms with E-state index in [4.69, 9.17) is 12.2 Å². The van der Waals surface area contributed by atoms with Gasteiger partial charge in [0, 0.05) is 18.0 Å². The summed E-state index contributed by atoms with van der Waals surface area (Å²) < 4.78 is 26.4. The van der Waals surface area contributed by atoms with Gasteiger partial charge in [-0.2, -0.15) is 0 Å². The number of anilines is 1. The van der Waals surface area contributed by atoms with Crippen LogP contribution < -0.4 is 10.5 Å². The number of nitrogens with one attached hydrogen (secondary N) is 1. The third-order valence-electron chi connectivity index (χ3n) is 2.11. The lowest BCUT2D eigenvalue weighted by molar-refractivity contribution is 0.584. The zero-order valence-electron chi connectivity index (χ0n) is 10.1. The molecule has 0 aromatic heterocycles. The summed E-state index contributed by atoms with van der Waals surface area (Å²) >= 11 is 1.51. The van der Waals surface area contributed by atoms with Gasteiger partial charge in [0.25, 0.3) is 0 Å². The molecule has 0 amide bonds. The Labute approximate surface area is 112 Å². The van der Waals surface area contributed by atoms with E-state index in [1.807, 2.05) is 0 Å². The van der Waals surface area contributed by atoms with E-state index in [0.29, 0.717) is 23.7 Å². The SMILES string of the molecule is C#CCSCCNS(=O)(=O)c1cc(C)cc(N)c1. The molecule has 0 fully saturated rings. The van der Waals surface area contributed by atoms with Gasteiger partial charge in [-0.25, -0.2) is 13.1 Å². The van der Waals surface area contributed by atoms with Crippen molar-refractivity contribution in [2.24, 2.45) is 0 Å². The number of aryl methyl sites for hydroxylation is 1. The maximum atomic E-state index is 12.0. The number of hydrogen-bond acceptors (Lipinski definition) is 4. The summed E-state index contributed by atoms with van der Waals surface area (Å²) in [4.78, 5) is 0.196. The summed E-state index contributed by atoms with van der Waals surface area (Å²) in [5.41, 5.74) is 6.89. The van der Waals surface area contributed by atoms with E-state index in [0.717, 1.165) is 5.56 Å². The Morgan fingerprint density at radius 2 is 2.17 bits per heavy atom. The second-order valence-electron chi connectivity index (χ2n) is 3.73. The molecule has 98 valence electrons. The predicted molar refractivity (Wildman–Crippen MR) is 76.9 cm³/mol. The number of thioether (sulfide) groups is 1. The summed E-state index contributed by atoms with van der Waals surface area (Å²) in [5, 5.41) is 0. The van der Waals surface area contributed by atoms with Crippen LogP contribution in [0.4, 0.5) is 5.69 Å². The number of sulfonamides is 1. The first-order valence-electron chi connectivity index (χ1n) is 5.34. The van der Waals surface area contributed by atoms with Crippen LogP contribution in [-0.2, 0) is 10.0 Å². The molecule has 0 aliphatic carbocycles. The molecule has 1 aromatic carbocycles. The normalized spacial score (nSPS) is 11.1. The number of terminal acetylenes is 1. The average molecular weight is 284 g/mol. The number of nitrogens with two attached hydrogens (primary N) is 1. The van der Waals surface area contributed by atoms with Crippen LogP contribution in [0.2, 0.25) is 0 Å². The quantitative estimate of drug-likeness (QED) is 0.468. The van der Waals surface area contributed by atoms with E-state index in [2.05, 4.69) is 10.6 Å². The van der Waals surface area contributed by atoms with Gasteiger partial charge < -0.3 is 5.73 Å². The van der Waals surface area contributed by atoms with Crippen LogP contribution in [0.3, 0.4) is 0 Å². The van der Waals surface area contributed by atoms with Crippen LogP contribution in [0, 0.1) is 19.3 Å². The molecule has 0 radical (unpaired) electrons. The highest BCUT2D eigenvalue weighted by Crippen LogP contribution is 2.16. The van der Waals surface area contributed by atoms with E-state index < -0.39 is 10.0 Å².